The molecule has 1 aromatic rings. The van der Waals surface area contributed by atoms with Gasteiger partial charge in [0.2, 0.25) is 0 Å². The van der Waals surface area contributed by atoms with Gasteiger partial charge in [0.25, 0.3) is 0 Å². The zero-order chi connectivity index (χ0) is 13.0. The number of aromatic nitrogens is 2. The van der Waals surface area contributed by atoms with Gasteiger partial charge in [0.05, 0.1) is 13.2 Å². The highest BCUT2D eigenvalue weighted by atomic mass is 16.5. The number of hydrogen-bond acceptors (Lipinski definition) is 5. The molecule has 0 unspecified atom stereocenters. The number of aryl methyl sites for hydroxylation is 1. The molecule has 1 aliphatic rings. The van der Waals surface area contributed by atoms with E-state index in [0.717, 1.165) is 44.4 Å². The second-order valence-electron chi connectivity index (χ2n) is 5.31. The Balaban J connectivity index is 1.91. The Morgan fingerprint density at radius 1 is 1.33 bits per heavy atom. The van der Waals surface area contributed by atoms with Crippen LogP contribution in [-0.2, 0) is 4.74 Å². The molecule has 1 fully saturated rings. The lowest BCUT2D eigenvalue weighted by molar-refractivity contribution is -0.00570. The Hall–Kier alpha value is -1.20. The SMILES string of the molecule is Cc1cc(NCC(C)(C)N2CCOCC2)ncn1. The molecule has 2 rings (SSSR count). The number of morpholine rings is 1. The Kier molecular flexibility index (Phi) is 4.14. The fourth-order valence-corrected chi connectivity index (χ4v) is 2.14. The molecule has 0 atom stereocenters. The van der Waals surface area contributed by atoms with E-state index in [-0.39, 0.29) is 5.54 Å². The van der Waals surface area contributed by atoms with Crippen molar-refractivity contribution in [1.29, 1.82) is 0 Å². The summed E-state index contributed by atoms with van der Waals surface area (Å²) in [7, 11) is 0. The molecule has 5 heteroatoms. The Morgan fingerprint density at radius 2 is 2.06 bits per heavy atom. The Bertz CT molecular complexity index is 388. The molecule has 0 bridgehead atoms. The summed E-state index contributed by atoms with van der Waals surface area (Å²) in [5.74, 6) is 0.892. The van der Waals surface area contributed by atoms with Crippen LogP contribution in [0.5, 0.6) is 0 Å². The lowest BCUT2D eigenvalue weighted by atomic mass is 10.0. The highest BCUT2D eigenvalue weighted by Gasteiger charge is 2.27. The largest absolute Gasteiger partial charge is 0.379 e. The fraction of sp³-hybridized carbons (Fsp3) is 0.692. The smallest absolute Gasteiger partial charge is 0.129 e. The summed E-state index contributed by atoms with van der Waals surface area (Å²) in [5.41, 5.74) is 1.08. The zero-order valence-electron chi connectivity index (χ0n) is 11.4. The van der Waals surface area contributed by atoms with Crippen LogP contribution in [0.2, 0.25) is 0 Å². The van der Waals surface area contributed by atoms with Crippen molar-refractivity contribution in [2.75, 3.05) is 38.2 Å². The van der Waals surface area contributed by atoms with E-state index in [1.165, 1.54) is 0 Å². The quantitative estimate of drug-likeness (QED) is 0.873. The van der Waals surface area contributed by atoms with Gasteiger partial charge in [0.1, 0.15) is 12.1 Å². The number of anilines is 1. The lowest BCUT2D eigenvalue weighted by Gasteiger charge is -2.41. The zero-order valence-corrected chi connectivity index (χ0v) is 11.4. The van der Waals surface area contributed by atoms with Crippen LogP contribution in [-0.4, -0.2) is 53.3 Å². The van der Waals surface area contributed by atoms with Crippen molar-refractivity contribution >= 4 is 5.82 Å². The molecular formula is C13H22N4O. The molecule has 0 saturated carbocycles. The predicted octanol–water partition coefficient (Wildman–Crippen LogP) is 1.31. The molecule has 1 aliphatic heterocycles. The summed E-state index contributed by atoms with van der Waals surface area (Å²) in [6, 6.07) is 1.97. The van der Waals surface area contributed by atoms with Crippen molar-refractivity contribution < 1.29 is 4.74 Å². The first-order valence-electron chi connectivity index (χ1n) is 6.43. The lowest BCUT2D eigenvalue weighted by Crippen LogP contribution is -2.53. The van der Waals surface area contributed by atoms with E-state index in [0.29, 0.717) is 0 Å². The van der Waals surface area contributed by atoms with E-state index in [1.54, 1.807) is 6.33 Å². The van der Waals surface area contributed by atoms with Crippen molar-refractivity contribution in [3.8, 4) is 0 Å². The average Bonchev–Trinajstić information content (AvgIpc) is 2.38. The number of nitrogens with zero attached hydrogens (tertiary/aromatic N) is 3. The number of hydrogen-bond donors (Lipinski definition) is 1. The molecule has 18 heavy (non-hydrogen) atoms. The van der Waals surface area contributed by atoms with Gasteiger partial charge in [-0.1, -0.05) is 0 Å². The summed E-state index contributed by atoms with van der Waals surface area (Å²) in [5, 5.41) is 3.39. The second kappa shape index (κ2) is 5.63. The highest BCUT2D eigenvalue weighted by molar-refractivity contribution is 5.34. The minimum atomic E-state index is 0.0998. The molecular weight excluding hydrogens is 228 g/mol. The molecule has 0 amide bonds. The second-order valence-corrected chi connectivity index (χ2v) is 5.31. The van der Waals surface area contributed by atoms with Crippen LogP contribution >= 0.6 is 0 Å². The first-order valence-corrected chi connectivity index (χ1v) is 6.43. The number of ether oxygens (including phenoxy) is 1. The molecule has 5 nitrogen and oxygen atoms in total. The maximum absolute atomic E-state index is 5.39. The van der Waals surface area contributed by atoms with Gasteiger partial charge in [-0.2, -0.15) is 0 Å². The van der Waals surface area contributed by atoms with Crippen molar-refractivity contribution in [3.05, 3.63) is 18.1 Å². The van der Waals surface area contributed by atoms with Gasteiger partial charge >= 0.3 is 0 Å². The highest BCUT2D eigenvalue weighted by Crippen LogP contribution is 2.17. The van der Waals surface area contributed by atoms with Crippen LogP contribution in [0.1, 0.15) is 19.5 Å². The van der Waals surface area contributed by atoms with Gasteiger partial charge in [0, 0.05) is 36.9 Å². The molecule has 0 aliphatic carbocycles. The van der Waals surface area contributed by atoms with E-state index < -0.39 is 0 Å². The first kappa shape index (κ1) is 13.2. The molecule has 0 spiro atoms. The van der Waals surface area contributed by atoms with Crippen LogP contribution in [0.4, 0.5) is 5.82 Å². The van der Waals surface area contributed by atoms with Gasteiger partial charge in [-0.15, -0.1) is 0 Å². The number of rotatable bonds is 4. The van der Waals surface area contributed by atoms with E-state index in [4.69, 9.17) is 4.74 Å². The fourth-order valence-electron chi connectivity index (χ4n) is 2.14. The topological polar surface area (TPSA) is 50.3 Å². The third kappa shape index (κ3) is 3.40. The summed E-state index contributed by atoms with van der Waals surface area (Å²) in [6.45, 7) is 11.0. The third-order valence-electron chi connectivity index (χ3n) is 3.37. The van der Waals surface area contributed by atoms with Crippen molar-refractivity contribution in [3.63, 3.8) is 0 Å². The summed E-state index contributed by atoms with van der Waals surface area (Å²) in [4.78, 5) is 10.8. The van der Waals surface area contributed by atoms with E-state index in [1.807, 2.05) is 13.0 Å². The maximum atomic E-state index is 5.39. The standard InChI is InChI=1S/C13H22N4O/c1-11-8-12(16-10-15-11)14-9-13(2,3)17-4-6-18-7-5-17/h8,10H,4-7,9H2,1-3H3,(H,14,15,16). The van der Waals surface area contributed by atoms with Gasteiger partial charge in [0.15, 0.2) is 0 Å². The summed E-state index contributed by atoms with van der Waals surface area (Å²) >= 11 is 0. The van der Waals surface area contributed by atoms with Crippen LogP contribution in [0.3, 0.4) is 0 Å². The summed E-state index contributed by atoms with van der Waals surface area (Å²) in [6.07, 6.45) is 1.60. The van der Waals surface area contributed by atoms with Crippen LogP contribution in [0, 0.1) is 6.92 Å². The summed E-state index contributed by atoms with van der Waals surface area (Å²) < 4.78 is 5.39. The van der Waals surface area contributed by atoms with E-state index in [2.05, 4.69) is 34.0 Å². The van der Waals surface area contributed by atoms with E-state index >= 15 is 0 Å². The maximum Gasteiger partial charge on any atom is 0.129 e. The molecule has 2 heterocycles. The molecule has 1 aromatic heterocycles. The van der Waals surface area contributed by atoms with Crippen LogP contribution in [0.25, 0.3) is 0 Å². The van der Waals surface area contributed by atoms with E-state index in [9.17, 15) is 0 Å². The predicted molar refractivity (Wildman–Crippen MR) is 71.7 cm³/mol. The average molecular weight is 250 g/mol. The van der Waals surface area contributed by atoms with Crippen LogP contribution in [0.15, 0.2) is 12.4 Å². The molecule has 1 saturated heterocycles. The molecule has 0 aromatic carbocycles. The first-order chi connectivity index (χ1) is 8.58. The third-order valence-corrected chi connectivity index (χ3v) is 3.37. The van der Waals surface area contributed by atoms with Gasteiger partial charge in [-0.25, -0.2) is 9.97 Å². The monoisotopic (exact) mass is 250 g/mol. The molecule has 0 radical (unpaired) electrons. The van der Waals surface area contributed by atoms with Gasteiger partial charge < -0.3 is 10.1 Å². The molecule has 1 N–H and O–H groups in total. The van der Waals surface area contributed by atoms with Crippen molar-refractivity contribution in [2.24, 2.45) is 0 Å². The minimum absolute atomic E-state index is 0.0998. The molecule has 100 valence electrons. The van der Waals surface area contributed by atoms with Gasteiger partial charge in [-0.05, 0) is 20.8 Å². The van der Waals surface area contributed by atoms with Crippen molar-refractivity contribution in [2.45, 2.75) is 26.3 Å². The Morgan fingerprint density at radius 3 is 2.72 bits per heavy atom. The van der Waals surface area contributed by atoms with Crippen LogP contribution < -0.4 is 5.32 Å². The minimum Gasteiger partial charge on any atom is -0.379 e. The normalized spacial score (nSPS) is 17.7. The van der Waals surface area contributed by atoms with Crippen molar-refractivity contribution in [1.82, 2.24) is 14.9 Å². The van der Waals surface area contributed by atoms with Gasteiger partial charge in [-0.3, -0.25) is 4.90 Å². The number of nitrogens with one attached hydrogen (secondary N) is 1. The Labute approximate surface area is 109 Å².